The number of hydrogen-bond donors (Lipinski definition) is 1. The van der Waals surface area contributed by atoms with Gasteiger partial charge in [0.05, 0.1) is 23.5 Å². The van der Waals surface area contributed by atoms with Crippen molar-refractivity contribution >= 4 is 28.6 Å². The number of aromatic nitrogens is 2. The van der Waals surface area contributed by atoms with Gasteiger partial charge in [0.2, 0.25) is 0 Å². The van der Waals surface area contributed by atoms with Gasteiger partial charge < -0.3 is 9.67 Å². The molecule has 30 heavy (non-hydrogen) atoms. The van der Waals surface area contributed by atoms with Crippen molar-refractivity contribution in [1.82, 2.24) is 9.55 Å². The van der Waals surface area contributed by atoms with Crippen molar-refractivity contribution in [1.29, 1.82) is 0 Å². The van der Waals surface area contributed by atoms with Crippen LogP contribution in [0.3, 0.4) is 0 Å². The molecular formula is C24H24N2O2S2. The molecule has 0 amide bonds. The van der Waals surface area contributed by atoms with Gasteiger partial charge in [-0.25, -0.2) is 9.78 Å². The summed E-state index contributed by atoms with van der Waals surface area (Å²) in [5.74, 6) is -0.910. The lowest BCUT2D eigenvalue weighted by atomic mass is 9.87. The Hall–Kier alpha value is -2.70. The molecule has 4 aromatic rings. The minimum Gasteiger partial charge on any atom is -0.478 e. The first kappa shape index (κ1) is 20.6. The third-order valence-electron chi connectivity index (χ3n) is 5.26. The van der Waals surface area contributed by atoms with Crippen molar-refractivity contribution in [3.8, 4) is 22.0 Å². The van der Waals surface area contributed by atoms with Gasteiger partial charge >= 0.3 is 5.97 Å². The summed E-state index contributed by atoms with van der Waals surface area (Å²) in [6, 6.07) is 14.4. The Morgan fingerprint density at radius 3 is 2.47 bits per heavy atom. The molecule has 0 atom stereocenters. The van der Waals surface area contributed by atoms with Crippen LogP contribution >= 0.6 is 22.7 Å². The maximum Gasteiger partial charge on any atom is 0.337 e. The van der Waals surface area contributed by atoms with Gasteiger partial charge in [-0.2, -0.15) is 0 Å². The third-order valence-corrected chi connectivity index (χ3v) is 7.01. The molecule has 4 nitrogen and oxygen atoms in total. The highest BCUT2D eigenvalue weighted by Crippen LogP contribution is 2.33. The van der Waals surface area contributed by atoms with Crippen LogP contribution in [0.4, 0.5) is 0 Å². The zero-order chi connectivity index (χ0) is 21.5. The Bertz CT molecular complexity index is 1180. The molecule has 6 heteroatoms. The van der Waals surface area contributed by atoms with Gasteiger partial charge in [-0.15, -0.1) is 22.7 Å². The first-order valence-electron chi connectivity index (χ1n) is 9.76. The van der Waals surface area contributed by atoms with Gasteiger partial charge in [0.15, 0.2) is 0 Å². The van der Waals surface area contributed by atoms with Crippen molar-refractivity contribution in [2.24, 2.45) is 0 Å². The quantitative estimate of drug-likeness (QED) is 0.379. The molecule has 0 fully saturated rings. The molecule has 0 saturated heterocycles. The highest BCUT2D eigenvalue weighted by Gasteiger charge is 2.20. The second-order valence-corrected chi connectivity index (χ2v) is 10.3. The summed E-state index contributed by atoms with van der Waals surface area (Å²) in [7, 11) is 0. The van der Waals surface area contributed by atoms with Crippen LogP contribution in [-0.2, 0) is 12.0 Å². The third kappa shape index (κ3) is 3.98. The van der Waals surface area contributed by atoms with Crippen LogP contribution < -0.4 is 0 Å². The molecule has 0 aliphatic carbocycles. The summed E-state index contributed by atoms with van der Waals surface area (Å²) in [6.07, 6.45) is 0. The normalized spacial score (nSPS) is 11.7. The highest BCUT2D eigenvalue weighted by molar-refractivity contribution is 7.13. The van der Waals surface area contributed by atoms with E-state index in [1.165, 1.54) is 10.4 Å². The topological polar surface area (TPSA) is 55.1 Å². The van der Waals surface area contributed by atoms with Gasteiger partial charge in [0.25, 0.3) is 0 Å². The zero-order valence-corrected chi connectivity index (χ0v) is 19.1. The SMILES string of the molecule is Cc1c(C(=O)O)cc(-c2csc(-c3ccc(C(C)(C)C)cc3)n2)n1Cc1cccs1. The van der Waals surface area contributed by atoms with Crippen molar-refractivity contribution in [2.45, 2.75) is 39.7 Å². The zero-order valence-electron chi connectivity index (χ0n) is 17.5. The second kappa shape index (κ2) is 7.85. The van der Waals surface area contributed by atoms with Crippen molar-refractivity contribution in [2.75, 3.05) is 0 Å². The number of carbonyl (C=O) groups is 1. The number of nitrogens with zero attached hydrogens (tertiary/aromatic N) is 2. The van der Waals surface area contributed by atoms with E-state index in [9.17, 15) is 9.90 Å². The molecule has 0 spiro atoms. The minimum atomic E-state index is -0.910. The first-order chi connectivity index (χ1) is 14.2. The summed E-state index contributed by atoms with van der Waals surface area (Å²) in [4.78, 5) is 17.8. The van der Waals surface area contributed by atoms with E-state index in [0.717, 1.165) is 27.7 Å². The van der Waals surface area contributed by atoms with E-state index in [-0.39, 0.29) is 5.41 Å². The number of benzene rings is 1. The number of thiophene rings is 1. The lowest BCUT2D eigenvalue weighted by molar-refractivity contribution is 0.0696. The largest absolute Gasteiger partial charge is 0.478 e. The molecule has 0 unspecified atom stereocenters. The molecule has 0 aliphatic rings. The van der Waals surface area contributed by atoms with E-state index in [4.69, 9.17) is 4.98 Å². The van der Waals surface area contributed by atoms with E-state index >= 15 is 0 Å². The molecule has 1 N–H and O–H groups in total. The Morgan fingerprint density at radius 2 is 1.87 bits per heavy atom. The fourth-order valence-corrected chi connectivity index (χ4v) is 4.99. The van der Waals surface area contributed by atoms with Gasteiger partial charge in [0, 0.05) is 21.5 Å². The van der Waals surface area contributed by atoms with Gasteiger partial charge in [-0.3, -0.25) is 0 Å². The van der Waals surface area contributed by atoms with E-state index in [1.54, 1.807) is 28.7 Å². The number of carboxylic acid groups (broad SMARTS) is 1. The number of rotatable bonds is 5. The molecule has 1 aromatic carbocycles. The summed E-state index contributed by atoms with van der Waals surface area (Å²) >= 11 is 3.25. The molecule has 0 bridgehead atoms. The molecule has 0 saturated carbocycles. The fraction of sp³-hybridized carbons (Fsp3) is 0.250. The number of hydrogen-bond acceptors (Lipinski definition) is 4. The number of carboxylic acids is 1. The maximum absolute atomic E-state index is 11.7. The van der Waals surface area contributed by atoms with Crippen LogP contribution in [0.2, 0.25) is 0 Å². The molecule has 0 radical (unpaired) electrons. The van der Waals surface area contributed by atoms with Gasteiger partial charge in [-0.1, -0.05) is 51.1 Å². The number of thiazole rings is 1. The standard InChI is InChI=1S/C24H24N2O2S2/c1-15-19(23(27)28)12-21(26(15)13-18-6-5-11-29-18)20-14-30-22(25-20)16-7-9-17(10-8-16)24(2,3)4/h5-12,14H,13H2,1-4H3,(H,27,28). The minimum absolute atomic E-state index is 0.111. The maximum atomic E-state index is 11.7. The molecule has 0 aliphatic heterocycles. The predicted molar refractivity (Wildman–Crippen MR) is 125 cm³/mol. The van der Waals surface area contributed by atoms with Crippen LogP contribution in [0.1, 0.15) is 47.3 Å². The summed E-state index contributed by atoms with van der Waals surface area (Å²) < 4.78 is 2.05. The molecule has 4 rings (SSSR count). The fourth-order valence-electron chi connectivity index (χ4n) is 3.47. The van der Waals surface area contributed by atoms with Crippen molar-refractivity contribution in [3.63, 3.8) is 0 Å². The molecule has 3 aromatic heterocycles. The van der Waals surface area contributed by atoms with Crippen LogP contribution in [0, 0.1) is 6.92 Å². The molecule has 154 valence electrons. The van der Waals surface area contributed by atoms with Crippen molar-refractivity contribution in [3.05, 3.63) is 74.9 Å². The smallest absolute Gasteiger partial charge is 0.337 e. The predicted octanol–water partition coefficient (Wildman–Crippen LogP) is 6.69. The summed E-state index contributed by atoms with van der Waals surface area (Å²) in [5, 5.41) is 14.6. The van der Waals surface area contributed by atoms with Crippen LogP contribution in [0.5, 0.6) is 0 Å². The van der Waals surface area contributed by atoms with Crippen LogP contribution in [0.25, 0.3) is 22.0 Å². The first-order valence-corrected chi connectivity index (χ1v) is 11.5. The lowest BCUT2D eigenvalue weighted by Crippen LogP contribution is -2.10. The average Bonchev–Trinajstić information content (AvgIpc) is 3.43. The van der Waals surface area contributed by atoms with E-state index in [0.29, 0.717) is 12.1 Å². The van der Waals surface area contributed by atoms with Gasteiger partial charge in [-0.05, 0) is 35.4 Å². The number of aromatic carboxylic acids is 1. The summed E-state index contributed by atoms with van der Waals surface area (Å²) in [5.41, 5.74) is 5.19. The molecular weight excluding hydrogens is 412 g/mol. The summed E-state index contributed by atoms with van der Waals surface area (Å²) in [6.45, 7) is 9.10. The van der Waals surface area contributed by atoms with Gasteiger partial charge in [0.1, 0.15) is 5.01 Å². The Balaban J connectivity index is 1.72. The molecule has 3 heterocycles. The Kier molecular flexibility index (Phi) is 5.38. The average molecular weight is 437 g/mol. The second-order valence-electron chi connectivity index (χ2n) is 8.36. The van der Waals surface area contributed by atoms with Crippen LogP contribution in [-0.4, -0.2) is 20.6 Å². The van der Waals surface area contributed by atoms with Crippen molar-refractivity contribution < 1.29 is 9.90 Å². The monoisotopic (exact) mass is 436 g/mol. The Morgan fingerprint density at radius 1 is 1.13 bits per heavy atom. The van der Waals surface area contributed by atoms with E-state index in [1.807, 2.05) is 23.8 Å². The lowest BCUT2D eigenvalue weighted by Gasteiger charge is -2.18. The van der Waals surface area contributed by atoms with E-state index in [2.05, 4.69) is 55.7 Å². The Labute approximate surface area is 184 Å². The highest BCUT2D eigenvalue weighted by atomic mass is 32.1. The van der Waals surface area contributed by atoms with E-state index < -0.39 is 5.97 Å². The van der Waals surface area contributed by atoms with Crippen LogP contribution in [0.15, 0.2) is 53.2 Å².